The Hall–Kier alpha value is -3.36. The number of nitrogens with zero attached hydrogens (tertiary/aromatic N) is 2. The topological polar surface area (TPSA) is 49.8 Å². The van der Waals surface area contributed by atoms with Gasteiger partial charge in [0, 0.05) is 22.6 Å². The molecule has 0 aliphatic heterocycles. The third-order valence-corrected chi connectivity index (χ3v) is 6.63. The lowest BCUT2D eigenvalue weighted by Gasteiger charge is -2.01. The number of nitriles is 1. The monoisotopic (exact) mass is 472 g/mol. The number of benzene rings is 3. The molecule has 5 rings (SSSR count). The minimum atomic E-state index is 0.442. The number of halogens is 2. The van der Waals surface area contributed by atoms with Crippen LogP contribution in [-0.2, 0) is 0 Å². The van der Waals surface area contributed by atoms with E-state index < -0.39 is 0 Å². The third kappa shape index (κ3) is 4.06. The number of fused-ring (bicyclic) bond motifs is 1. The Morgan fingerprint density at radius 2 is 1.72 bits per heavy atom. The molecule has 0 amide bonds. The molecule has 0 bridgehead atoms. The van der Waals surface area contributed by atoms with Gasteiger partial charge < -0.3 is 4.42 Å². The van der Waals surface area contributed by atoms with E-state index >= 15 is 0 Å². The Morgan fingerprint density at radius 3 is 2.53 bits per heavy atom. The van der Waals surface area contributed by atoms with Crippen LogP contribution < -0.4 is 0 Å². The highest BCUT2D eigenvalue weighted by atomic mass is 35.5. The zero-order valence-electron chi connectivity index (χ0n) is 16.5. The zero-order chi connectivity index (χ0) is 22.1. The molecule has 0 fully saturated rings. The summed E-state index contributed by atoms with van der Waals surface area (Å²) in [6.07, 6.45) is 1.70. The molecule has 0 radical (unpaired) electrons. The lowest BCUT2D eigenvalue weighted by Crippen LogP contribution is -1.83. The summed E-state index contributed by atoms with van der Waals surface area (Å²) in [5, 5.41) is 15.6. The zero-order valence-corrected chi connectivity index (χ0v) is 18.9. The largest absolute Gasteiger partial charge is 0.457 e. The smallest absolute Gasteiger partial charge is 0.134 e. The Bertz CT molecular complexity index is 1520. The van der Waals surface area contributed by atoms with Crippen molar-refractivity contribution in [1.82, 2.24) is 4.98 Å². The maximum Gasteiger partial charge on any atom is 0.134 e. The molecular formula is C26H14Cl2N2OS. The minimum Gasteiger partial charge on any atom is -0.457 e. The maximum absolute atomic E-state index is 9.73. The van der Waals surface area contributed by atoms with Crippen molar-refractivity contribution >= 4 is 57.0 Å². The van der Waals surface area contributed by atoms with Crippen LogP contribution in [0.5, 0.6) is 0 Å². The normalized spacial score (nSPS) is 11.6. The lowest BCUT2D eigenvalue weighted by atomic mass is 10.1. The van der Waals surface area contributed by atoms with Crippen LogP contribution in [0.3, 0.4) is 0 Å². The van der Waals surface area contributed by atoms with E-state index in [1.54, 1.807) is 18.2 Å². The van der Waals surface area contributed by atoms with Crippen LogP contribution in [0, 0.1) is 11.3 Å². The van der Waals surface area contributed by atoms with Crippen molar-refractivity contribution in [3.8, 4) is 28.7 Å². The fraction of sp³-hybridized carbons (Fsp3) is 0. The van der Waals surface area contributed by atoms with Crippen molar-refractivity contribution in [3.63, 3.8) is 0 Å². The minimum absolute atomic E-state index is 0.442. The molecule has 0 unspecified atom stereocenters. The summed E-state index contributed by atoms with van der Waals surface area (Å²) < 4.78 is 5.91. The molecule has 0 spiro atoms. The molecule has 0 saturated heterocycles. The molecule has 0 N–H and O–H groups in total. The molecule has 3 aromatic carbocycles. The van der Waals surface area contributed by atoms with Crippen molar-refractivity contribution in [2.24, 2.45) is 0 Å². The van der Waals surface area contributed by atoms with Gasteiger partial charge in [-0.25, -0.2) is 4.98 Å². The van der Waals surface area contributed by atoms with Gasteiger partial charge in [-0.2, -0.15) is 5.26 Å². The average molecular weight is 473 g/mol. The predicted molar refractivity (Wildman–Crippen MR) is 133 cm³/mol. The van der Waals surface area contributed by atoms with Gasteiger partial charge >= 0.3 is 0 Å². The quantitative estimate of drug-likeness (QED) is 0.246. The van der Waals surface area contributed by atoms with Crippen LogP contribution in [-0.4, -0.2) is 4.98 Å². The van der Waals surface area contributed by atoms with Gasteiger partial charge in [0.1, 0.15) is 22.6 Å². The van der Waals surface area contributed by atoms with E-state index in [2.05, 4.69) is 30.3 Å². The number of hydrogen-bond acceptors (Lipinski definition) is 4. The van der Waals surface area contributed by atoms with E-state index in [-0.39, 0.29) is 0 Å². The second-order valence-corrected chi connectivity index (χ2v) is 8.77. The molecule has 154 valence electrons. The number of rotatable bonds is 4. The average Bonchev–Trinajstić information content (AvgIpc) is 3.49. The van der Waals surface area contributed by atoms with Gasteiger partial charge in [0.05, 0.1) is 21.3 Å². The maximum atomic E-state index is 9.73. The molecule has 0 aliphatic carbocycles. The molecule has 5 aromatic rings. The van der Waals surface area contributed by atoms with E-state index in [0.29, 0.717) is 32.1 Å². The summed E-state index contributed by atoms with van der Waals surface area (Å²) in [4.78, 5) is 4.69. The summed E-state index contributed by atoms with van der Waals surface area (Å²) in [6, 6.07) is 25.6. The van der Waals surface area contributed by atoms with E-state index in [9.17, 15) is 5.26 Å². The molecule has 2 aromatic heterocycles. The molecule has 6 heteroatoms. The van der Waals surface area contributed by atoms with Crippen molar-refractivity contribution in [3.05, 3.63) is 99.0 Å². The molecule has 32 heavy (non-hydrogen) atoms. The van der Waals surface area contributed by atoms with Crippen molar-refractivity contribution in [1.29, 1.82) is 5.26 Å². The highest BCUT2D eigenvalue weighted by molar-refractivity contribution is 7.11. The predicted octanol–water partition coefficient (Wildman–Crippen LogP) is 8.59. The summed E-state index contributed by atoms with van der Waals surface area (Å²) in [7, 11) is 0. The van der Waals surface area contributed by atoms with Gasteiger partial charge in [0.2, 0.25) is 0 Å². The van der Waals surface area contributed by atoms with Crippen molar-refractivity contribution in [2.45, 2.75) is 0 Å². The summed E-state index contributed by atoms with van der Waals surface area (Å²) in [5.74, 6) is 1.20. The highest BCUT2D eigenvalue weighted by Gasteiger charge is 2.12. The Balaban J connectivity index is 1.44. The van der Waals surface area contributed by atoms with Crippen LogP contribution in [0.1, 0.15) is 10.8 Å². The van der Waals surface area contributed by atoms with Gasteiger partial charge in [0.15, 0.2) is 0 Å². The fourth-order valence-electron chi connectivity index (χ4n) is 3.40. The summed E-state index contributed by atoms with van der Waals surface area (Å²) in [6.45, 7) is 0. The second-order valence-electron chi connectivity index (χ2n) is 7.10. The number of furan rings is 1. The Kier molecular flexibility index (Phi) is 5.55. The number of thiazole rings is 1. The van der Waals surface area contributed by atoms with Crippen molar-refractivity contribution in [2.75, 3.05) is 0 Å². The SMILES string of the molecule is N#CC(=Cc1ccc(-c2ccc(Cl)c(Cl)c2)o1)c1nc(-c2ccc3ccccc3c2)cs1. The highest BCUT2D eigenvalue weighted by Crippen LogP contribution is 2.32. The van der Waals surface area contributed by atoms with Gasteiger partial charge in [-0.15, -0.1) is 11.3 Å². The number of hydrogen-bond donors (Lipinski definition) is 0. The molecule has 0 atom stereocenters. The Labute approximate surface area is 198 Å². The van der Waals surface area contributed by atoms with E-state index in [1.807, 2.05) is 41.8 Å². The fourth-order valence-corrected chi connectivity index (χ4v) is 4.49. The Morgan fingerprint density at radius 1 is 0.906 bits per heavy atom. The van der Waals surface area contributed by atoms with E-state index in [1.165, 1.54) is 16.7 Å². The van der Waals surface area contributed by atoms with Gasteiger partial charge in [-0.3, -0.25) is 0 Å². The molecule has 0 aliphatic rings. The first-order chi connectivity index (χ1) is 15.6. The first kappa shape index (κ1) is 20.5. The molecule has 2 heterocycles. The van der Waals surface area contributed by atoms with Gasteiger partial charge in [-0.1, -0.05) is 59.6 Å². The molecule has 3 nitrogen and oxygen atoms in total. The third-order valence-electron chi connectivity index (χ3n) is 5.02. The van der Waals surface area contributed by atoms with Crippen LogP contribution in [0.2, 0.25) is 10.0 Å². The number of aromatic nitrogens is 1. The molecular weight excluding hydrogens is 459 g/mol. The second kappa shape index (κ2) is 8.64. The molecule has 0 saturated carbocycles. The number of allylic oxidation sites excluding steroid dienone is 1. The van der Waals surface area contributed by atoms with Crippen LogP contribution in [0.25, 0.3) is 45.0 Å². The lowest BCUT2D eigenvalue weighted by molar-refractivity contribution is 0.572. The summed E-state index contributed by atoms with van der Waals surface area (Å²) in [5.41, 5.74) is 3.11. The van der Waals surface area contributed by atoms with Gasteiger partial charge in [0.25, 0.3) is 0 Å². The van der Waals surface area contributed by atoms with Gasteiger partial charge in [-0.05, 0) is 47.2 Å². The van der Waals surface area contributed by atoms with E-state index in [4.69, 9.17) is 32.6 Å². The van der Waals surface area contributed by atoms with E-state index in [0.717, 1.165) is 22.2 Å². The van der Waals surface area contributed by atoms with Crippen LogP contribution >= 0.6 is 34.5 Å². The van der Waals surface area contributed by atoms with Crippen LogP contribution in [0.4, 0.5) is 0 Å². The van der Waals surface area contributed by atoms with Crippen LogP contribution in [0.15, 0.2) is 82.6 Å². The first-order valence-electron chi connectivity index (χ1n) is 9.73. The standard InChI is InChI=1S/C26H14Cl2N2OS/c27-22-9-7-19(13-23(22)28)25-10-8-21(31-25)12-20(14-29)26-30-24(15-32-26)18-6-5-16-3-1-2-4-17(16)11-18/h1-13,15H. The van der Waals surface area contributed by atoms with Crippen molar-refractivity contribution < 1.29 is 4.42 Å². The summed E-state index contributed by atoms with van der Waals surface area (Å²) >= 11 is 13.5. The first-order valence-corrected chi connectivity index (χ1v) is 11.4.